The first-order chi connectivity index (χ1) is 7.46. The predicted octanol–water partition coefficient (Wildman–Crippen LogP) is -0.160. The quantitative estimate of drug-likeness (QED) is 0.597. The fraction of sp³-hybridized carbons (Fsp3) is 0.571. The van der Waals surface area contributed by atoms with Crippen LogP contribution < -0.4 is 0 Å². The average Bonchev–Trinajstić information content (AvgIpc) is 2.14. The second-order valence-electron chi connectivity index (χ2n) is 3.48. The normalized spacial score (nSPS) is 14.0. The summed E-state index contributed by atoms with van der Waals surface area (Å²) in [5.74, 6) is -3.95. The third kappa shape index (κ3) is 2.71. The lowest BCUT2D eigenvalue weighted by atomic mass is 10.2. The van der Waals surface area contributed by atoms with Crippen molar-refractivity contribution in [1.82, 2.24) is 0 Å². The first-order valence-corrected chi connectivity index (χ1v) is 5.87. The van der Waals surface area contributed by atoms with Crippen LogP contribution in [0.4, 0.5) is 9.59 Å². The second-order valence-corrected chi connectivity index (χ2v) is 5.70. The van der Waals surface area contributed by atoms with Crippen LogP contribution >= 0.6 is 0 Å². The molecule has 1 atom stereocenters. The van der Waals surface area contributed by atoms with E-state index < -0.39 is 43.7 Å². The Labute approximate surface area is 96.5 Å². The fourth-order valence-electron chi connectivity index (χ4n) is 0.856. The summed E-state index contributed by atoms with van der Waals surface area (Å²) in [7, 11) is -4.25. The zero-order chi connectivity index (χ0) is 14.0. The van der Waals surface area contributed by atoms with E-state index in [0.717, 1.165) is 6.92 Å². The van der Waals surface area contributed by atoms with Gasteiger partial charge in [0.25, 0.3) is 0 Å². The SMILES string of the molecule is CC(CS(=O)(=O)[N+](C)(C(=O)O)C(=O)O)C(=O)O. The molecule has 0 aliphatic heterocycles. The molecule has 0 saturated heterocycles. The lowest BCUT2D eigenvalue weighted by molar-refractivity contribution is -0.627. The van der Waals surface area contributed by atoms with Gasteiger partial charge >= 0.3 is 28.2 Å². The minimum Gasteiger partial charge on any atom is -0.481 e. The lowest BCUT2D eigenvalue weighted by Crippen LogP contribution is -2.58. The third-order valence-corrected chi connectivity index (χ3v) is 4.51. The van der Waals surface area contributed by atoms with Crippen LogP contribution in [-0.2, 0) is 14.8 Å². The van der Waals surface area contributed by atoms with Gasteiger partial charge in [0, 0.05) is 0 Å². The lowest BCUT2D eigenvalue weighted by Gasteiger charge is -2.21. The molecule has 0 aromatic rings. The number of sulfonamides is 1. The largest absolute Gasteiger partial charge is 0.539 e. The van der Waals surface area contributed by atoms with E-state index in [1.807, 2.05) is 0 Å². The van der Waals surface area contributed by atoms with E-state index in [1.165, 1.54) is 0 Å². The summed E-state index contributed by atoms with van der Waals surface area (Å²) >= 11 is 0. The standard InChI is InChI=1S/C7H11NO8S/c1-4(5(9)10)3-17(15,16)8(2,6(11)12)7(13)14/h4H,3H2,1-2H3,(H2-,9,10,11,12,13,14)/p+1. The molecule has 9 nitrogen and oxygen atoms in total. The molecule has 10 heteroatoms. The highest BCUT2D eigenvalue weighted by molar-refractivity contribution is 7.86. The molecule has 0 aromatic heterocycles. The molecule has 0 radical (unpaired) electrons. The first-order valence-electron chi connectivity index (χ1n) is 4.26. The Kier molecular flexibility index (Phi) is 4.21. The van der Waals surface area contributed by atoms with Crippen LogP contribution in [-0.4, -0.2) is 58.6 Å². The van der Waals surface area contributed by atoms with Crippen molar-refractivity contribution in [3.8, 4) is 0 Å². The highest BCUT2D eigenvalue weighted by Gasteiger charge is 2.54. The van der Waals surface area contributed by atoms with Gasteiger partial charge in [-0.3, -0.25) is 4.79 Å². The smallest absolute Gasteiger partial charge is 0.481 e. The summed E-state index contributed by atoms with van der Waals surface area (Å²) < 4.78 is 20.9. The number of rotatable bonds is 4. The zero-order valence-electron chi connectivity index (χ0n) is 9.02. The Balaban J connectivity index is 5.50. The molecule has 2 amide bonds. The van der Waals surface area contributed by atoms with Crippen molar-refractivity contribution in [2.24, 2.45) is 5.92 Å². The highest BCUT2D eigenvalue weighted by atomic mass is 32.2. The average molecular weight is 270 g/mol. The summed E-state index contributed by atoms with van der Waals surface area (Å²) in [6.45, 7) is 1.04. The maximum Gasteiger partial charge on any atom is 0.539 e. The van der Waals surface area contributed by atoms with E-state index >= 15 is 0 Å². The van der Waals surface area contributed by atoms with Gasteiger partial charge in [-0.15, -0.1) is 0 Å². The summed E-state index contributed by atoms with van der Waals surface area (Å²) in [4.78, 5) is 31.9. The van der Waals surface area contributed by atoms with Gasteiger partial charge in [0.1, 0.15) is 12.8 Å². The second kappa shape index (κ2) is 4.67. The number of carbonyl (C=O) groups is 3. The minimum absolute atomic E-state index is 0.453. The summed E-state index contributed by atoms with van der Waals surface area (Å²) in [6.07, 6.45) is -4.23. The van der Waals surface area contributed by atoms with Crippen LogP contribution in [0.2, 0.25) is 0 Å². The van der Waals surface area contributed by atoms with Crippen LogP contribution in [0.1, 0.15) is 6.92 Å². The molecule has 17 heavy (non-hydrogen) atoms. The van der Waals surface area contributed by atoms with E-state index in [2.05, 4.69) is 0 Å². The van der Waals surface area contributed by atoms with Gasteiger partial charge in [-0.05, 0) is 3.89 Å². The first kappa shape index (κ1) is 15.3. The third-order valence-electron chi connectivity index (χ3n) is 2.17. The van der Waals surface area contributed by atoms with E-state index in [0.29, 0.717) is 7.05 Å². The molecule has 0 heterocycles. The zero-order valence-corrected chi connectivity index (χ0v) is 9.84. The van der Waals surface area contributed by atoms with Gasteiger partial charge < -0.3 is 15.3 Å². The molecule has 0 aliphatic carbocycles. The van der Waals surface area contributed by atoms with Crippen molar-refractivity contribution in [1.29, 1.82) is 0 Å². The molecular formula is C7H12NO8S+. The molecular weight excluding hydrogens is 258 g/mol. The van der Waals surface area contributed by atoms with E-state index in [-0.39, 0.29) is 0 Å². The predicted molar refractivity (Wildman–Crippen MR) is 52.8 cm³/mol. The summed E-state index contributed by atoms with van der Waals surface area (Å²) in [5, 5.41) is 25.8. The number of quaternary nitrogens is 1. The molecule has 0 bridgehead atoms. The van der Waals surface area contributed by atoms with Crippen LogP contribution in [0.15, 0.2) is 0 Å². The Morgan fingerprint density at radius 2 is 1.47 bits per heavy atom. The molecule has 0 rings (SSSR count). The number of imide groups is 1. The molecule has 98 valence electrons. The van der Waals surface area contributed by atoms with Crippen LogP contribution in [0, 0.1) is 5.92 Å². The van der Waals surface area contributed by atoms with E-state index in [1.54, 1.807) is 0 Å². The Bertz CT molecular complexity index is 438. The number of hydrogen-bond acceptors (Lipinski definition) is 5. The molecule has 0 spiro atoms. The molecule has 0 saturated carbocycles. The Morgan fingerprint density at radius 1 is 1.12 bits per heavy atom. The van der Waals surface area contributed by atoms with Gasteiger partial charge in [0.2, 0.25) is 0 Å². The number of hydrogen-bond donors (Lipinski definition) is 3. The van der Waals surface area contributed by atoms with Crippen molar-refractivity contribution < 1.29 is 42.0 Å². The van der Waals surface area contributed by atoms with Crippen molar-refractivity contribution in [3.05, 3.63) is 0 Å². The van der Waals surface area contributed by atoms with Crippen molar-refractivity contribution in [3.63, 3.8) is 0 Å². The maximum atomic E-state index is 11.6. The van der Waals surface area contributed by atoms with Crippen molar-refractivity contribution in [2.45, 2.75) is 6.92 Å². The molecule has 0 aromatic carbocycles. The number of nitrogens with zero attached hydrogens (tertiary/aromatic N) is 1. The highest BCUT2D eigenvalue weighted by Crippen LogP contribution is 2.17. The number of carboxylic acid groups (broad SMARTS) is 3. The minimum atomic E-state index is -4.71. The van der Waals surface area contributed by atoms with Gasteiger partial charge in [-0.1, -0.05) is 6.92 Å². The Hall–Kier alpha value is -1.68. The van der Waals surface area contributed by atoms with Crippen molar-refractivity contribution >= 4 is 28.2 Å². The van der Waals surface area contributed by atoms with E-state index in [9.17, 15) is 22.8 Å². The summed E-state index contributed by atoms with van der Waals surface area (Å²) in [6, 6.07) is 0. The topological polar surface area (TPSA) is 146 Å². The Morgan fingerprint density at radius 3 is 1.71 bits per heavy atom. The monoisotopic (exact) mass is 270 g/mol. The fourth-order valence-corrected chi connectivity index (χ4v) is 2.40. The van der Waals surface area contributed by atoms with Crippen molar-refractivity contribution in [2.75, 3.05) is 12.8 Å². The maximum absolute atomic E-state index is 11.6. The molecule has 0 aliphatic rings. The number of amides is 2. The molecule has 0 fully saturated rings. The van der Waals surface area contributed by atoms with Gasteiger partial charge in [-0.25, -0.2) is 0 Å². The van der Waals surface area contributed by atoms with Gasteiger partial charge in [0.05, 0.1) is 5.92 Å². The summed E-state index contributed by atoms with van der Waals surface area (Å²) in [5.41, 5.74) is 0. The number of aliphatic carboxylic acids is 1. The van der Waals surface area contributed by atoms with Crippen LogP contribution in [0.25, 0.3) is 0 Å². The number of carboxylic acids is 1. The molecule has 1 unspecified atom stereocenters. The van der Waals surface area contributed by atoms with E-state index in [4.69, 9.17) is 15.3 Å². The van der Waals surface area contributed by atoms with Gasteiger partial charge in [0.15, 0.2) is 0 Å². The van der Waals surface area contributed by atoms with Crippen LogP contribution in [0.5, 0.6) is 0 Å². The van der Waals surface area contributed by atoms with Crippen LogP contribution in [0.3, 0.4) is 0 Å². The van der Waals surface area contributed by atoms with Gasteiger partial charge in [-0.2, -0.15) is 18.0 Å². The molecule has 3 N–H and O–H groups in total.